The molecule has 2 aromatic heterocycles. The Hall–Kier alpha value is -2.73. The van der Waals surface area contributed by atoms with Crippen molar-refractivity contribution >= 4 is 17.4 Å². The van der Waals surface area contributed by atoms with Crippen LogP contribution in [0.5, 0.6) is 0 Å². The second kappa shape index (κ2) is 7.70. The van der Waals surface area contributed by atoms with E-state index in [4.69, 9.17) is 0 Å². The molecule has 24 heavy (non-hydrogen) atoms. The van der Waals surface area contributed by atoms with Crippen LogP contribution in [-0.4, -0.2) is 16.0 Å². The summed E-state index contributed by atoms with van der Waals surface area (Å²) < 4.78 is 0. The van der Waals surface area contributed by atoms with Crippen LogP contribution < -0.4 is 10.6 Å². The van der Waals surface area contributed by atoms with Crippen LogP contribution in [0.25, 0.3) is 10.6 Å². The van der Waals surface area contributed by atoms with Gasteiger partial charge in [-0.2, -0.15) is 0 Å². The van der Waals surface area contributed by atoms with Gasteiger partial charge in [-0.3, -0.25) is 4.98 Å². The molecule has 0 aliphatic carbocycles. The number of amides is 2. The molecule has 0 spiro atoms. The standard InChI is InChI=1S/C18H18N4OS/c1-13-16(24-17(22-13)15-5-3-2-4-6-15)12-21-18(23)20-11-14-7-9-19-10-8-14/h2-10H,11-12H2,1H3,(H2,20,21,23). The van der Waals surface area contributed by atoms with Gasteiger partial charge in [0.25, 0.3) is 0 Å². The Morgan fingerprint density at radius 2 is 1.75 bits per heavy atom. The molecule has 0 fully saturated rings. The maximum atomic E-state index is 11.9. The number of thiazole rings is 1. The lowest BCUT2D eigenvalue weighted by molar-refractivity contribution is 0.240. The first-order valence-electron chi connectivity index (χ1n) is 7.64. The zero-order chi connectivity index (χ0) is 16.8. The average Bonchev–Trinajstić information content (AvgIpc) is 3.01. The lowest BCUT2D eigenvalue weighted by Crippen LogP contribution is -2.34. The van der Waals surface area contributed by atoms with E-state index in [9.17, 15) is 4.79 Å². The lowest BCUT2D eigenvalue weighted by Gasteiger charge is -2.06. The number of hydrogen-bond acceptors (Lipinski definition) is 4. The van der Waals surface area contributed by atoms with Gasteiger partial charge >= 0.3 is 6.03 Å². The van der Waals surface area contributed by atoms with Crippen LogP contribution in [0.4, 0.5) is 4.79 Å². The first kappa shape index (κ1) is 16.1. The monoisotopic (exact) mass is 338 g/mol. The highest BCUT2D eigenvalue weighted by Crippen LogP contribution is 2.27. The highest BCUT2D eigenvalue weighted by molar-refractivity contribution is 7.15. The minimum absolute atomic E-state index is 0.194. The van der Waals surface area contributed by atoms with Gasteiger partial charge in [-0.25, -0.2) is 9.78 Å². The maximum Gasteiger partial charge on any atom is 0.315 e. The summed E-state index contributed by atoms with van der Waals surface area (Å²) in [7, 11) is 0. The number of carbonyl (C=O) groups is 1. The van der Waals surface area contributed by atoms with Crippen LogP contribution in [0, 0.1) is 6.92 Å². The molecular weight excluding hydrogens is 320 g/mol. The Morgan fingerprint density at radius 1 is 1.04 bits per heavy atom. The van der Waals surface area contributed by atoms with Gasteiger partial charge in [0.05, 0.1) is 12.2 Å². The number of benzene rings is 1. The van der Waals surface area contributed by atoms with E-state index in [2.05, 4.69) is 20.6 Å². The van der Waals surface area contributed by atoms with Crippen LogP contribution in [0.3, 0.4) is 0 Å². The van der Waals surface area contributed by atoms with Crippen molar-refractivity contribution in [3.63, 3.8) is 0 Å². The Kier molecular flexibility index (Phi) is 5.18. The summed E-state index contributed by atoms with van der Waals surface area (Å²) in [4.78, 5) is 21.5. The molecule has 0 radical (unpaired) electrons. The number of nitrogens with zero attached hydrogens (tertiary/aromatic N) is 2. The molecule has 2 N–H and O–H groups in total. The van der Waals surface area contributed by atoms with Gasteiger partial charge in [-0.05, 0) is 24.6 Å². The minimum Gasteiger partial charge on any atom is -0.334 e. The van der Waals surface area contributed by atoms with Crippen LogP contribution in [0.2, 0.25) is 0 Å². The number of aryl methyl sites for hydroxylation is 1. The predicted molar refractivity (Wildman–Crippen MR) is 95.6 cm³/mol. The van der Waals surface area contributed by atoms with Gasteiger partial charge in [-0.15, -0.1) is 11.3 Å². The van der Waals surface area contributed by atoms with E-state index in [-0.39, 0.29) is 6.03 Å². The molecule has 1 aromatic carbocycles. The number of pyridine rings is 1. The summed E-state index contributed by atoms with van der Waals surface area (Å²) in [6.45, 7) is 2.92. The van der Waals surface area contributed by atoms with Crippen molar-refractivity contribution in [1.82, 2.24) is 20.6 Å². The fourth-order valence-corrected chi connectivity index (χ4v) is 3.21. The Bertz CT molecular complexity index is 802. The van der Waals surface area contributed by atoms with E-state index in [1.807, 2.05) is 49.4 Å². The van der Waals surface area contributed by atoms with E-state index in [1.54, 1.807) is 23.7 Å². The molecule has 0 atom stereocenters. The largest absolute Gasteiger partial charge is 0.334 e. The summed E-state index contributed by atoms with van der Waals surface area (Å²) in [6, 6.07) is 13.6. The van der Waals surface area contributed by atoms with Crippen molar-refractivity contribution in [2.75, 3.05) is 0 Å². The van der Waals surface area contributed by atoms with E-state index < -0.39 is 0 Å². The van der Waals surface area contributed by atoms with Crippen LogP contribution >= 0.6 is 11.3 Å². The topological polar surface area (TPSA) is 66.9 Å². The molecule has 0 unspecified atom stereocenters. The predicted octanol–water partition coefficient (Wildman–Crippen LogP) is 3.51. The SMILES string of the molecule is Cc1nc(-c2ccccc2)sc1CNC(=O)NCc1ccncc1. The summed E-state index contributed by atoms with van der Waals surface area (Å²) in [6.07, 6.45) is 3.42. The molecule has 0 aliphatic heterocycles. The fourth-order valence-electron chi connectivity index (χ4n) is 2.20. The summed E-state index contributed by atoms with van der Waals surface area (Å²) in [5.41, 5.74) is 3.06. The number of rotatable bonds is 5. The van der Waals surface area contributed by atoms with Crippen LogP contribution in [0.15, 0.2) is 54.9 Å². The second-order valence-corrected chi connectivity index (χ2v) is 6.37. The van der Waals surface area contributed by atoms with E-state index in [0.29, 0.717) is 13.1 Å². The first-order chi connectivity index (χ1) is 11.7. The van der Waals surface area contributed by atoms with Crippen molar-refractivity contribution in [1.29, 1.82) is 0 Å². The van der Waals surface area contributed by atoms with Gasteiger partial charge in [0.1, 0.15) is 5.01 Å². The Balaban J connectivity index is 1.55. The maximum absolute atomic E-state index is 11.9. The molecule has 0 bridgehead atoms. The molecule has 122 valence electrons. The molecule has 3 rings (SSSR count). The third kappa shape index (κ3) is 4.17. The number of nitrogens with one attached hydrogen (secondary N) is 2. The third-order valence-corrected chi connectivity index (χ3v) is 4.73. The molecular formula is C18H18N4OS. The molecule has 5 nitrogen and oxygen atoms in total. The summed E-state index contributed by atoms with van der Waals surface area (Å²) >= 11 is 1.61. The molecule has 0 saturated carbocycles. The van der Waals surface area contributed by atoms with Gasteiger partial charge in [0, 0.05) is 29.4 Å². The van der Waals surface area contributed by atoms with Crippen molar-refractivity contribution in [2.24, 2.45) is 0 Å². The van der Waals surface area contributed by atoms with Crippen LogP contribution in [-0.2, 0) is 13.1 Å². The Labute approximate surface area is 144 Å². The summed E-state index contributed by atoms with van der Waals surface area (Å²) in [5.74, 6) is 0. The van der Waals surface area contributed by atoms with E-state index in [0.717, 1.165) is 26.7 Å². The minimum atomic E-state index is -0.194. The van der Waals surface area contributed by atoms with Crippen molar-refractivity contribution in [3.05, 3.63) is 71.0 Å². The average molecular weight is 338 g/mol. The van der Waals surface area contributed by atoms with Crippen molar-refractivity contribution < 1.29 is 4.79 Å². The molecule has 2 amide bonds. The first-order valence-corrected chi connectivity index (χ1v) is 8.46. The zero-order valence-electron chi connectivity index (χ0n) is 13.3. The van der Waals surface area contributed by atoms with Crippen molar-refractivity contribution in [3.8, 4) is 10.6 Å². The summed E-state index contributed by atoms with van der Waals surface area (Å²) in [5, 5.41) is 6.69. The molecule has 6 heteroatoms. The number of aromatic nitrogens is 2. The quantitative estimate of drug-likeness (QED) is 0.748. The molecule has 0 saturated heterocycles. The molecule has 3 aromatic rings. The van der Waals surface area contributed by atoms with Crippen LogP contribution in [0.1, 0.15) is 16.1 Å². The molecule has 0 aliphatic rings. The smallest absolute Gasteiger partial charge is 0.315 e. The second-order valence-electron chi connectivity index (χ2n) is 5.29. The van der Waals surface area contributed by atoms with Crippen molar-refractivity contribution in [2.45, 2.75) is 20.0 Å². The zero-order valence-corrected chi connectivity index (χ0v) is 14.1. The number of urea groups is 1. The number of carbonyl (C=O) groups excluding carboxylic acids is 1. The van der Waals surface area contributed by atoms with Gasteiger partial charge in [0.15, 0.2) is 0 Å². The lowest BCUT2D eigenvalue weighted by atomic mass is 10.2. The number of hydrogen-bond donors (Lipinski definition) is 2. The van der Waals surface area contributed by atoms with E-state index >= 15 is 0 Å². The normalized spacial score (nSPS) is 10.4. The highest BCUT2D eigenvalue weighted by atomic mass is 32.1. The van der Waals surface area contributed by atoms with Gasteiger partial charge in [-0.1, -0.05) is 30.3 Å². The van der Waals surface area contributed by atoms with Gasteiger partial charge < -0.3 is 10.6 Å². The fraction of sp³-hybridized carbons (Fsp3) is 0.167. The van der Waals surface area contributed by atoms with Gasteiger partial charge in [0.2, 0.25) is 0 Å². The molecule has 2 heterocycles. The van der Waals surface area contributed by atoms with E-state index in [1.165, 1.54) is 0 Å². The third-order valence-electron chi connectivity index (χ3n) is 3.53. The highest BCUT2D eigenvalue weighted by Gasteiger charge is 2.10. The Morgan fingerprint density at radius 3 is 2.50 bits per heavy atom.